The van der Waals surface area contributed by atoms with Crippen molar-refractivity contribution in [2.75, 3.05) is 6.54 Å². The molecule has 112 valence electrons. The average Bonchev–Trinajstić information content (AvgIpc) is 2.40. The van der Waals surface area contributed by atoms with Crippen LogP contribution in [-0.2, 0) is 0 Å². The lowest BCUT2D eigenvalue weighted by atomic mass is 9.80. The number of nitrogens with one attached hydrogen (secondary N) is 2. The standard InChI is InChI=1S/C15H25N3OS/c1-4-6-16-12-9-10(2)8-11(3)14(12)20-15-17-7-5-13(19)18-15/h5,7,10-12,14,16H,4,6,8-9H2,1-3H3,(H,17,18,19). The topological polar surface area (TPSA) is 57.8 Å². The molecular weight excluding hydrogens is 270 g/mol. The van der Waals surface area contributed by atoms with Gasteiger partial charge in [-0.15, -0.1) is 0 Å². The molecule has 1 aliphatic carbocycles. The average molecular weight is 295 g/mol. The predicted molar refractivity (Wildman–Crippen MR) is 84.1 cm³/mol. The van der Waals surface area contributed by atoms with Gasteiger partial charge in [-0.3, -0.25) is 4.79 Å². The maximum atomic E-state index is 11.4. The summed E-state index contributed by atoms with van der Waals surface area (Å²) in [5, 5.41) is 4.89. The molecule has 2 rings (SSSR count). The number of H-pyrrole nitrogens is 1. The zero-order valence-corrected chi connectivity index (χ0v) is 13.4. The third-order valence-corrected chi connectivity index (χ3v) is 5.44. The van der Waals surface area contributed by atoms with Crippen molar-refractivity contribution >= 4 is 11.8 Å². The number of hydrogen-bond acceptors (Lipinski definition) is 4. The van der Waals surface area contributed by atoms with Crippen molar-refractivity contribution in [3.63, 3.8) is 0 Å². The number of aromatic amines is 1. The molecule has 1 heterocycles. The highest BCUT2D eigenvalue weighted by Crippen LogP contribution is 2.38. The van der Waals surface area contributed by atoms with E-state index in [4.69, 9.17) is 0 Å². The molecule has 0 radical (unpaired) electrons. The Kier molecular flexibility index (Phi) is 5.66. The third-order valence-electron chi connectivity index (χ3n) is 3.94. The van der Waals surface area contributed by atoms with Crippen LogP contribution >= 0.6 is 11.8 Å². The SMILES string of the molecule is CCCNC1CC(C)CC(C)C1Sc1nccc(=O)[nH]1. The van der Waals surface area contributed by atoms with Gasteiger partial charge in [0.2, 0.25) is 0 Å². The monoisotopic (exact) mass is 295 g/mol. The smallest absolute Gasteiger partial charge is 0.251 e. The van der Waals surface area contributed by atoms with E-state index in [2.05, 4.69) is 36.1 Å². The Morgan fingerprint density at radius 3 is 2.95 bits per heavy atom. The maximum Gasteiger partial charge on any atom is 0.251 e. The largest absolute Gasteiger partial charge is 0.313 e. The molecule has 0 bridgehead atoms. The molecule has 0 saturated heterocycles. The zero-order valence-electron chi connectivity index (χ0n) is 12.6. The minimum atomic E-state index is -0.0719. The second-order valence-electron chi connectivity index (χ2n) is 5.94. The molecule has 1 aromatic heterocycles. The third kappa shape index (κ3) is 4.09. The van der Waals surface area contributed by atoms with Crippen LogP contribution in [0.2, 0.25) is 0 Å². The Morgan fingerprint density at radius 2 is 2.25 bits per heavy atom. The molecule has 1 fully saturated rings. The van der Waals surface area contributed by atoms with E-state index in [1.807, 2.05) is 0 Å². The van der Waals surface area contributed by atoms with Crippen molar-refractivity contribution in [1.82, 2.24) is 15.3 Å². The summed E-state index contributed by atoms with van der Waals surface area (Å²) in [6.45, 7) is 7.90. The number of hydrogen-bond donors (Lipinski definition) is 2. The molecule has 1 aromatic rings. The van der Waals surface area contributed by atoms with E-state index < -0.39 is 0 Å². The van der Waals surface area contributed by atoms with Crippen LogP contribution in [0.4, 0.5) is 0 Å². The summed E-state index contributed by atoms with van der Waals surface area (Å²) in [4.78, 5) is 18.5. The van der Waals surface area contributed by atoms with Gasteiger partial charge in [0.1, 0.15) is 0 Å². The van der Waals surface area contributed by atoms with Crippen LogP contribution in [0.5, 0.6) is 0 Å². The summed E-state index contributed by atoms with van der Waals surface area (Å²) in [6, 6.07) is 1.97. The van der Waals surface area contributed by atoms with Crippen LogP contribution in [0, 0.1) is 11.8 Å². The van der Waals surface area contributed by atoms with Gasteiger partial charge in [-0.25, -0.2) is 4.98 Å². The molecule has 4 unspecified atom stereocenters. The Labute approximate surface area is 125 Å². The highest BCUT2D eigenvalue weighted by molar-refractivity contribution is 7.99. The van der Waals surface area contributed by atoms with Gasteiger partial charge < -0.3 is 10.3 Å². The Balaban J connectivity index is 2.10. The number of nitrogens with zero attached hydrogens (tertiary/aromatic N) is 1. The zero-order chi connectivity index (χ0) is 14.5. The Hall–Kier alpha value is -0.810. The molecule has 20 heavy (non-hydrogen) atoms. The summed E-state index contributed by atoms with van der Waals surface area (Å²) >= 11 is 1.72. The van der Waals surface area contributed by atoms with Crippen molar-refractivity contribution in [3.05, 3.63) is 22.6 Å². The van der Waals surface area contributed by atoms with Crippen molar-refractivity contribution < 1.29 is 0 Å². The van der Waals surface area contributed by atoms with Crippen LogP contribution in [-0.4, -0.2) is 27.8 Å². The quantitative estimate of drug-likeness (QED) is 0.820. The van der Waals surface area contributed by atoms with Crippen LogP contribution in [0.1, 0.15) is 40.0 Å². The van der Waals surface area contributed by atoms with Gasteiger partial charge in [0, 0.05) is 23.6 Å². The minimum Gasteiger partial charge on any atom is -0.313 e. The minimum absolute atomic E-state index is 0.0719. The molecular formula is C15H25N3OS. The number of thioether (sulfide) groups is 1. The van der Waals surface area contributed by atoms with Gasteiger partial charge in [0.25, 0.3) is 5.56 Å². The van der Waals surface area contributed by atoms with Gasteiger partial charge in [0.05, 0.1) is 0 Å². The Morgan fingerprint density at radius 1 is 1.45 bits per heavy atom. The lowest BCUT2D eigenvalue weighted by molar-refractivity contribution is 0.249. The molecule has 0 spiro atoms. The maximum absolute atomic E-state index is 11.4. The summed E-state index contributed by atoms with van der Waals surface area (Å²) < 4.78 is 0. The highest BCUT2D eigenvalue weighted by Gasteiger charge is 2.34. The molecule has 1 aliphatic rings. The molecule has 0 amide bonds. The first-order chi connectivity index (χ1) is 9.60. The molecule has 1 saturated carbocycles. The van der Waals surface area contributed by atoms with Crippen molar-refractivity contribution in [3.8, 4) is 0 Å². The van der Waals surface area contributed by atoms with Gasteiger partial charge in [-0.1, -0.05) is 32.5 Å². The van der Waals surface area contributed by atoms with E-state index in [1.165, 1.54) is 18.9 Å². The fourth-order valence-corrected chi connectivity index (χ4v) is 4.35. The van der Waals surface area contributed by atoms with Crippen LogP contribution < -0.4 is 10.9 Å². The molecule has 4 nitrogen and oxygen atoms in total. The van der Waals surface area contributed by atoms with E-state index >= 15 is 0 Å². The normalized spacial score (nSPS) is 30.4. The van der Waals surface area contributed by atoms with E-state index in [-0.39, 0.29) is 5.56 Å². The molecule has 4 atom stereocenters. The molecule has 0 aliphatic heterocycles. The highest BCUT2D eigenvalue weighted by atomic mass is 32.2. The van der Waals surface area contributed by atoms with Gasteiger partial charge in [-0.05, 0) is 37.6 Å². The van der Waals surface area contributed by atoms with E-state index in [9.17, 15) is 4.79 Å². The second kappa shape index (κ2) is 7.27. The summed E-state index contributed by atoms with van der Waals surface area (Å²) in [5.41, 5.74) is -0.0719. The summed E-state index contributed by atoms with van der Waals surface area (Å²) in [7, 11) is 0. The summed E-state index contributed by atoms with van der Waals surface area (Å²) in [5.74, 6) is 1.39. The van der Waals surface area contributed by atoms with Gasteiger partial charge in [-0.2, -0.15) is 0 Å². The molecule has 5 heteroatoms. The lowest BCUT2D eigenvalue weighted by Gasteiger charge is -2.39. The first-order valence-electron chi connectivity index (χ1n) is 7.55. The van der Waals surface area contributed by atoms with E-state index in [1.54, 1.807) is 18.0 Å². The Bertz CT molecular complexity index is 476. The second-order valence-corrected chi connectivity index (χ2v) is 7.10. The molecule has 2 N–H and O–H groups in total. The first kappa shape index (κ1) is 15.6. The lowest BCUT2D eigenvalue weighted by Crippen LogP contribution is -2.46. The fraction of sp³-hybridized carbons (Fsp3) is 0.733. The number of rotatable bonds is 5. The van der Waals surface area contributed by atoms with Crippen LogP contribution in [0.25, 0.3) is 0 Å². The molecule has 0 aromatic carbocycles. The van der Waals surface area contributed by atoms with Crippen molar-refractivity contribution in [2.45, 2.75) is 56.5 Å². The van der Waals surface area contributed by atoms with Crippen molar-refractivity contribution in [2.24, 2.45) is 11.8 Å². The van der Waals surface area contributed by atoms with Crippen LogP contribution in [0.3, 0.4) is 0 Å². The van der Waals surface area contributed by atoms with E-state index in [0.29, 0.717) is 17.2 Å². The van der Waals surface area contributed by atoms with Crippen molar-refractivity contribution in [1.29, 1.82) is 0 Å². The van der Waals surface area contributed by atoms with Crippen LogP contribution in [0.15, 0.2) is 22.2 Å². The predicted octanol–water partition coefficient (Wildman–Crippen LogP) is 2.66. The van der Waals surface area contributed by atoms with Gasteiger partial charge >= 0.3 is 0 Å². The van der Waals surface area contributed by atoms with E-state index in [0.717, 1.165) is 24.0 Å². The number of aromatic nitrogens is 2. The fourth-order valence-electron chi connectivity index (χ4n) is 3.10. The summed E-state index contributed by atoms with van der Waals surface area (Å²) in [6.07, 6.45) is 5.20. The first-order valence-corrected chi connectivity index (χ1v) is 8.43. The van der Waals surface area contributed by atoms with Gasteiger partial charge in [0.15, 0.2) is 5.16 Å².